The first-order valence-electron chi connectivity index (χ1n) is 10.0. The molecule has 0 spiro atoms. The molecular formula is C20H33N3O3S. The lowest BCUT2D eigenvalue weighted by Gasteiger charge is -2.23. The van der Waals surface area contributed by atoms with Crippen LogP contribution in [-0.2, 0) is 10.0 Å². The molecule has 6 nitrogen and oxygen atoms in total. The molecule has 0 bridgehead atoms. The third-order valence-corrected chi connectivity index (χ3v) is 6.76. The van der Waals surface area contributed by atoms with E-state index in [1.165, 1.54) is 38.1 Å². The number of carbonyl (C=O) groups excluding carboxylic acids is 1. The molecule has 2 rings (SSSR count). The second kappa shape index (κ2) is 10.2. The number of carbonyl (C=O) groups is 1. The minimum Gasteiger partial charge on any atom is -0.339 e. The number of rotatable bonds is 10. The van der Waals surface area contributed by atoms with Crippen molar-refractivity contribution in [1.82, 2.24) is 14.5 Å². The van der Waals surface area contributed by atoms with E-state index in [1.807, 2.05) is 25.7 Å². The Morgan fingerprint density at radius 2 is 1.81 bits per heavy atom. The molecule has 0 saturated carbocycles. The van der Waals surface area contributed by atoms with Crippen LogP contribution in [0.15, 0.2) is 29.2 Å². The Labute approximate surface area is 164 Å². The highest BCUT2D eigenvalue weighted by atomic mass is 32.2. The monoisotopic (exact) mass is 395 g/mol. The Balaban J connectivity index is 1.96. The van der Waals surface area contributed by atoms with E-state index in [4.69, 9.17) is 0 Å². The molecule has 0 aliphatic carbocycles. The SMILES string of the molecule is CCC(C)NS(=O)(=O)c1ccc(C(=O)N(CC)CCCN2CCCC2)cc1. The maximum Gasteiger partial charge on any atom is 0.253 e. The van der Waals surface area contributed by atoms with Crippen LogP contribution in [0, 0.1) is 0 Å². The molecule has 0 aromatic heterocycles. The highest BCUT2D eigenvalue weighted by Crippen LogP contribution is 2.14. The molecule has 0 radical (unpaired) electrons. The normalized spacial score (nSPS) is 16.4. The van der Waals surface area contributed by atoms with E-state index in [9.17, 15) is 13.2 Å². The predicted octanol–water partition coefficient (Wildman–Crippen LogP) is 2.71. The third kappa shape index (κ3) is 6.30. The van der Waals surface area contributed by atoms with Crippen LogP contribution in [0.3, 0.4) is 0 Å². The van der Waals surface area contributed by atoms with Crippen LogP contribution in [0.2, 0.25) is 0 Å². The second-order valence-electron chi connectivity index (χ2n) is 7.24. The van der Waals surface area contributed by atoms with Crippen LogP contribution >= 0.6 is 0 Å². The van der Waals surface area contributed by atoms with Crippen LogP contribution in [0.4, 0.5) is 0 Å². The molecule has 1 fully saturated rings. The lowest BCUT2D eigenvalue weighted by atomic mass is 10.2. The topological polar surface area (TPSA) is 69.7 Å². The predicted molar refractivity (Wildman–Crippen MR) is 108 cm³/mol. The third-order valence-electron chi connectivity index (χ3n) is 5.15. The fourth-order valence-corrected chi connectivity index (χ4v) is 4.60. The molecule has 1 heterocycles. The van der Waals surface area contributed by atoms with Crippen molar-refractivity contribution in [2.45, 2.75) is 57.4 Å². The van der Waals surface area contributed by atoms with E-state index in [1.54, 1.807) is 12.1 Å². The maximum atomic E-state index is 12.7. The zero-order valence-electron chi connectivity index (χ0n) is 16.8. The molecule has 27 heavy (non-hydrogen) atoms. The smallest absolute Gasteiger partial charge is 0.253 e. The number of nitrogens with one attached hydrogen (secondary N) is 1. The Bertz CT molecular complexity index is 698. The van der Waals surface area contributed by atoms with Crippen LogP contribution in [0.1, 0.15) is 56.8 Å². The van der Waals surface area contributed by atoms with Gasteiger partial charge < -0.3 is 9.80 Å². The Kier molecular flexibility index (Phi) is 8.26. The molecular weight excluding hydrogens is 362 g/mol. The van der Waals surface area contributed by atoms with E-state index in [2.05, 4.69) is 9.62 Å². The van der Waals surface area contributed by atoms with Gasteiger partial charge in [0.2, 0.25) is 10.0 Å². The largest absolute Gasteiger partial charge is 0.339 e. The standard InChI is InChI=1S/C20H33N3O3S/c1-4-17(3)21-27(25,26)19-11-9-18(10-12-19)20(24)23(5-2)16-8-15-22-13-6-7-14-22/h9-12,17,21H,4-8,13-16H2,1-3H3. The van der Waals surface area contributed by atoms with E-state index in [-0.39, 0.29) is 16.8 Å². The number of amides is 1. The zero-order valence-corrected chi connectivity index (χ0v) is 17.6. The van der Waals surface area contributed by atoms with E-state index in [0.717, 1.165) is 25.9 Å². The number of hydrogen-bond acceptors (Lipinski definition) is 4. The minimum absolute atomic E-state index is 0.0437. The maximum absolute atomic E-state index is 12.7. The van der Waals surface area contributed by atoms with Crippen molar-refractivity contribution in [1.29, 1.82) is 0 Å². The highest BCUT2D eigenvalue weighted by molar-refractivity contribution is 7.89. The molecule has 1 N–H and O–H groups in total. The molecule has 1 saturated heterocycles. The molecule has 1 aromatic carbocycles. The summed E-state index contributed by atoms with van der Waals surface area (Å²) < 4.78 is 27.3. The summed E-state index contributed by atoms with van der Waals surface area (Å²) in [6.45, 7) is 10.5. The average molecular weight is 396 g/mol. The number of sulfonamides is 1. The summed E-state index contributed by atoms with van der Waals surface area (Å²) in [7, 11) is -3.54. The zero-order chi connectivity index (χ0) is 19.9. The quantitative estimate of drug-likeness (QED) is 0.661. The van der Waals surface area contributed by atoms with Crippen molar-refractivity contribution in [3.8, 4) is 0 Å². The first-order valence-corrected chi connectivity index (χ1v) is 11.5. The van der Waals surface area contributed by atoms with Gasteiger partial charge in [-0.1, -0.05) is 6.92 Å². The summed E-state index contributed by atoms with van der Waals surface area (Å²) in [5.74, 6) is -0.0437. The summed E-state index contributed by atoms with van der Waals surface area (Å²) in [5.41, 5.74) is 0.528. The van der Waals surface area contributed by atoms with Crippen LogP contribution in [0.25, 0.3) is 0 Å². The Hall–Kier alpha value is -1.44. The van der Waals surface area contributed by atoms with Crippen LogP contribution in [0.5, 0.6) is 0 Å². The second-order valence-corrected chi connectivity index (χ2v) is 8.96. The summed E-state index contributed by atoms with van der Waals surface area (Å²) in [4.78, 5) is 17.2. The van der Waals surface area contributed by atoms with E-state index < -0.39 is 10.0 Å². The summed E-state index contributed by atoms with van der Waals surface area (Å²) in [5, 5.41) is 0. The van der Waals surface area contributed by atoms with Gasteiger partial charge in [0, 0.05) is 24.7 Å². The number of benzene rings is 1. The molecule has 1 unspecified atom stereocenters. The fourth-order valence-electron chi connectivity index (χ4n) is 3.27. The van der Waals surface area contributed by atoms with Crippen molar-refractivity contribution in [3.05, 3.63) is 29.8 Å². The van der Waals surface area contributed by atoms with E-state index >= 15 is 0 Å². The van der Waals surface area contributed by atoms with Gasteiger partial charge in [-0.2, -0.15) is 0 Å². The first-order chi connectivity index (χ1) is 12.9. The highest BCUT2D eigenvalue weighted by Gasteiger charge is 2.19. The van der Waals surface area contributed by atoms with Crippen molar-refractivity contribution in [3.63, 3.8) is 0 Å². The van der Waals surface area contributed by atoms with Crippen molar-refractivity contribution in [2.75, 3.05) is 32.7 Å². The van der Waals surface area contributed by atoms with Gasteiger partial charge in [0.1, 0.15) is 0 Å². The molecule has 1 amide bonds. The fraction of sp³-hybridized carbons (Fsp3) is 0.650. The van der Waals surface area contributed by atoms with Gasteiger partial charge in [0.05, 0.1) is 4.90 Å². The lowest BCUT2D eigenvalue weighted by Crippen LogP contribution is -2.34. The molecule has 152 valence electrons. The summed E-state index contributed by atoms with van der Waals surface area (Å²) in [6, 6.07) is 6.11. The van der Waals surface area contributed by atoms with Gasteiger partial charge in [0.25, 0.3) is 5.91 Å². The summed E-state index contributed by atoms with van der Waals surface area (Å²) >= 11 is 0. The molecule has 1 atom stereocenters. The van der Waals surface area contributed by atoms with Gasteiger partial charge in [-0.15, -0.1) is 0 Å². The summed E-state index contributed by atoms with van der Waals surface area (Å²) in [6.07, 6.45) is 4.23. The van der Waals surface area contributed by atoms with E-state index in [0.29, 0.717) is 12.1 Å². The van der Waals surface area contributed by atoms with Crippen molar-refractivity contribution in [2.24, 2.45) is 0 Å². The van der Waals surface area contributed by atoms with Gasteiger partial charge in [0.15, 0.2) is 0 Å². The van der Waals surface area contributed by atoms with Gasteiger partial charge in [-0.25, -0.2) is 13.1 Å². The molecule has 1 aliphatic heterocycles. The first kappa shape index (κ1) is 21.9. The number of likely N-dealkylation sites (tertiary alicyclic amines) is 1. The molecule has 7 heteroatoms. The minimum atomic E-state index is -3.54. The van der Waals surface area contributed by atoms with Crippen LogP contribution < -0.4 is 4.72 Å². The van der Waals surface area contributed by atoms with Crippen LogP contribution in [-0.4, -0.2) is 62.9 Å². The molecule has 1 aromatic rings. The number of nitrogens with zero attached hydrogens (tertiary/aromatic N) is 2. The molecule has 1 aliphatic rings. The average Bonchev–Trinajstić information content (AvgIpc) is 3.18. The van der Waals surface area contributed by atoms with Crippen molar-refractivity contribution >= 4 is 15.9 Å². The van der Waals surface area contributed by atoms with Gasteiger partial charge in [-0.05, 0) is 83.4 Å². The van der Waals surface area contributed by atoms with Gasteiger partial charge in [-0.3, -0.25) is 4.79 Å². The Morgan fingerprint density at radius 3 is 2.37 bits per heavy atom. The lowest BCUT2D eigenvalue weighted by molar-refractivity contribution is 0.0758. The van der Waals surface area contributed by atoms with Gasteiger partial charge >= 0.3 is 0 Å². The number of hydrogen-bond donors (Lipinski definition) is 1. The Morgan fingerprint density at radius 1 is 1.19 bits per heavy atom. The van der Waals surface area contributed by atoms with Crippen molar-refractivity contribution < 1.29 is 13.2 Å².